The number of aromatic amines is 1. The van der Waals surface area contributed by atoms with E-state index >= 15 is 0 Å². The number of carbonyl (C=O) groups is 4. The molecule has 12 heteroatoms. The van der Waals surface area contributed by atoms with E-state index in [1.807, 2.05) is 0 Å². The highest BCUT2D eigenvalue weighted by Gasteiger charge is 2.28. The Morgan fingerprint density at radius 2 is 1.76 bits per heavy atom. The Hall–Kier alpha value is -2.99. The fourth-order valence-electron chi connectivity index (χ4n) is 2.53. The summed E-state index contributed by atoms with van der Waals surface area (Å²) in [6, 6.07) is -3.38. The maximum absolute atomic E-state index is 12.7. The van der Waals surface area contributed by atoms with Crippen molar-refractivity contribution in [2.75, 3.05) is 6.54 Å². The molecule has 0 aromatic carbocycles. The SMILES string of the molecule is NCCCC[C@H](NC(=O)[C@H](Cc1c[nH]cn1)NC(=O)[C@@H](N)CCC(=O)O)C(=O)O. The Morgan fingerprint density at radius 1 is 1.07 bits per heavy atom. The van der Waals surface area contributed by atoms with E-state index in [9.17, 15) is 24.3 Å². The summed E-state index contributed by atoms with van der Waals surface area (Å²) in [5.74, 6) is -3.71. The van der Waals surface area contributed by atoms with Crippen molar-refractivity contribution in [2.24, 2.45) is 11.5 Å². The van der Waals surface area contributed by atoms with Gasteiger partial charge in [0.25, 0.3) is 0 Å². The van der Waals surface area contributed by atoms with Crippen LogP contribution in [0.2, 0.25) is 0 Å². The van der Waals surface area contributed by atoms with Crippen LogP contribution in [0.1, 0.15) is 37.8 Å². The van der Waals surface area contributed by atoms with E-state index in [1.54, 1.807) is 0 Å². The number of hydrogen-bond acceptors (Lipinski definition) is 7. The van der Waals surface area contributed by atoms with Gasteiger partial charge in [0.1, 0.15) is 12.1 Å². The number of amides is 2. The van der Waals surface area contributed by atoms with Crippen LogP contribution in [0.25, 0.3) is 0 Å². The molecule has 9 N–H and O–H groups in total. The molecule has 0 unspecified atom stereocenters. The number of imidazole rings is 1. The van der Waals surface area contributed by atoms with Crippen molar-refractivity contribution in [2.45, 2.75) is 56.7 Å². The van der Waals surface area contributed by atoms with Gasteiger partial charge >= 0.3 is 11.9 Å². The van der Waals surface area contributed by atoms with Crippen LogP contribution in [0.4, 0.5) is 0 Å². The van der Waals surface area contributed by atoms with Crippen molar-refractivity contribution in [1.29, 1.82) is 0 Å². The average Bonchev–Trinajstić information content (AvgIpc) is 3.17. The molecular formula is C17H28N6O6. The molecule has 0 radical (unpaired) electrons. The minimum atomic E-state index is -1.20. The van der Waals surface area contributed by atoms with E-state index in [4.69, 9.17) is 16.6 Å². The van der Waals surface area contributed by atoms with Crippen molar-refractivity contribution < 1.29 is 29.4 Å². The van der Waals surface area contributed by atoms with Crippen LogP contribution in [0.5, 0.6) is 0 Å². The smallest absolute Gasteiger partial charge is 0.326 e. The summed E-state index contributed by atoms with van der Waals surface area (Å²) >= 11 is 0. The first kappa shape index (κ1) is 24.0. The van der Waals surface area contributed by atoms with E-state index in [0.717, 1.165) is 0 Å². The Bertz CT molecular complexity index is 680. The van der Waals surface area contributed by atoms with Gasteiger partial charge in [-0.2, -0.15) is 0 Å². The standard InChI is InChI=1S/C17H28N6O6/c18-6-2-1-3-12(17(28)29)22-16(27)13(7-10-8-20-9-21-10)23-15(26)11(19)4-5-14(24)25/h8-9,11-13H,1-7,18-19H2,(H,20,21)(H,22,27)(H,23,26)(H,24,25)(H,28,29)/t11-,12-,13-/m0/s1. The zero-order valence-electron chi connectivity index (χ0n) is 16.0. The zero-order valence-corrected chi connectivity index (χ0v) is 16.0. The molecule has 0 spiro atoms. The van der Waals surface area contributed by atoms with Gasteiger partial charge in [-0.1, -0.05) is 0 Å². The topological polar surface area (TPSA) is 214 Å². The molecule has 29 heavy (non-hydrogen) atoms. The molecule has 1 rings (SSSR count). The van der Waals surface area contributed by atoms with Gasteiger partial charge in [0.2, 0.25) is 11.8 Å². The molecule has 2 amide bonds. The van der Waals surface area contributed by atoms with Crippen molar-refractivity contribution in [3.63, 3.8) is 0 Å². The summed E-state index contributed by atoms with van der Waals surface area (Å²) < 4.78 is 0. The lowest BCUT2D eigenvalue weighted by atomic mass is 10.1. The Balaban J connectivity index is 2.81. The normalized spacial score (nSPS) is 13.9. The quantitative estimate of drug-likeness (QED) is 0.174. The minimum absolute atomic E-state index is 0.00185. The third-order valence-corrected chi connectivity index (χ3v) is 4.17. The minimum Gasteiger partial charge on any atom is -0.481 e. The van der Waals surface area contributed by atoms with Gasteiger partial charge in [0.05, 0.1) is 18.1 Å². The number of carboxylic acid groups (broad SMARTS) is 2. The second-order valence-electron chi connectivity index (χ2n) is 6.55. The van der Waals surface area contributed by atoms with E-state index in [1.165, 1.54) is 12.5 Å². The average molecular weight is 412 g/mol. The number of aromatic nitrogens is 2. The van der Waals surface area contributed by atoms with Crippen LogP contribution in [0.15, 0.2) is 12.5 Å². The van der Waals surface area contributed by atoms with Crippen LogP contribution in [0, 0.1) is 0 Å². The van der Waals surface area contributed by atoms with Gasteiger partial charge in [-0.05, 0) is 32.2 Å². The molecule has 0 bridgehead atoms. The first-order valence-electron chi connectivity index (χ1n) is 9.23. The van der Waals surface area contributed by atoms with Gasteiger partial charge in [-0.3, -0.25) is 14.4 Å². The molecule has 0 aliphatic carbocycles. The molecule has 0 fully saturated rings. The maximum atomic E-state index is 12.7. The number of aliphatic carboxylic acids is 2. The molecule has 0 aliphatic heterocycles. The lowest BCUT2D eigenvalue weighted by molar-refractivity contribution is -0.142. The highest BCUT2D eigenvalue weighted by Crippen LogP contribution is 2.05. The number of carboxylic acids is 2. The Labute approximate surface area is 167 Å². The van der Waals surface area contributed by atoms with Gasteiger partial charge in [-0.15, -0.1) is 0 Å². The highest BCUT2D eigenvalue weighted by atomic mass is 16.4. The summed E-state index contributed by atoms with van der Waals surface area (Å²) in [4.78, 5) is 53.7. The van der Waals surface area contributed by atoms with Crippen molar-refractivity contribution in [3.05, 3.63) is 18.2 Å². The lowest BCUT2D eigenvalue weighted by Gasteiger charge is -2.22. The fourth-order valence-corrected chi connectivity index (χ4v) is 2.53. The Morgan fingerprint density at radius 3 is 2.31 bits per heavy atom. The van der Waals surface area contributed by atoms with Crippen molar-refractivity contribution in [1.82, 2.24) is 20.6 Å². The van der Waals surface area contributed by atoms with Crippen molar-refractivity contribution >= 4 is 23.8 Å². The van der Waals surface area contributed by atoms with Gasteiger partial charge in [-0.25, -0.2) is 9.78 Å². The third-order valence-electron chi connectivity index (χ3n) is 4.17. The summed E-state index contributed by atoms with van der Waals surface area (Å²) in [5, 5.41) is 22.9. The molecule has 0 aliphatic rings. The van der Waals surface area contributed by atoms with Crippen LogP contribution in [0.3, 0.4) is 0 Å². The number of H-pyrrole nitrogens is 1. The van der Waals surface area contributed by atoms with Crippen LogP contribution >= 0.6 is 0 Å². The molecular weight excluding hydrogens is 384 g/mol. The number of nitrogens with one attached hydrogen (secondary N) is 3. The number of unbranched alkanes of at least 4 members (excludes halogenated alkanes) is 1. The molecule has 12 nitrogen and oxygen atoms in total. The first-order valence-corrected chi connectivity index (χ1v) is 9.23. The molecule has 1 aromatic heterocycles. The van der Waals surface area contributed by atoms with E-state index in [-0.39, 0.29) is 25.7 Å². The second kappa shape index (κ2) is 12.5. The zero-order chi connectivity index (χ0) is 21.8. The first-order chi connectivity index (χ1) is 13.7. The largest absolute Gasteiger partial charge is 0.481 e. The monoisotopic (exact) mass is 412 g/mol. The summed E-state index contributed by atoms with van der Waals surface area (Å²) in [7, 11) is 0. The molecule has 0 saturated carbocycles. The lowest BCUT2D eigenvalue weighted by Crippen LogP contribution is -2.55. The van der Waals surface area contributed by atoms with Crippen molar-refractivity contribution in [3.8, 4) is 0 Å². The second-order valence-corrected chi connectivity index (χ2v) is 6.55. The number of nitrogens with two attached hydrogens (primary N) is 2. The van der Waals surface area contributed by atoms with E-state index in [2.05, 4.69) is 20.6 Å². The number of rotatable bonds is 14. The molecule has 1 heterocycles. The number of carbonyl (C=O) groups excluding carboxylic acids is 2. The fraction of sp³-hybridized carbons (Fsp3) is 0.588. The molecule has 162 valence electrons. The predicted molar refractivity (Wildman–Crippen MR) is 102 cm³/mol. The van der Waals surface area contributed by atoms with Gasteiger partial charge in [0.15, 0.2) is 0 Å². The maximum Gasteiger partial charge on any atom is 0.326 e. The number of hydrogen-bond donors (Lipinski definition) is 7. The highest BCUT2D eigenvalue weighted by molar-refractivity contribution is 5.92. The molecule has 1 aromatic rings. The summed E-state index contributed by atoms with van der Waals surface area (Å²) in [6.45, 7) is 0.409. The van der Waals surface area contributed by atoms with E-state index < -0.39 is 41.9 Å². The van der Waals surface area contributed by atoms with Crippen LogP contribution in [-0.2, 0) is 25.6 Å². The summed E-state index contributed by atoms with van der Waals surface area (Å²) in [5.41, 5.74) is 11.6. The summed E-state index contributed by atoms with van der Waals surface area (Å²) in [6.07, 6.45) is 3.86. The van der Waals surface area contributed by atoms with E-state index in [0.29, 0.717) is 25.1 Å². The van der Waals surface area contributed by atoms with Gasteiger partial charge < -0.3 is 37.3 Å². The third kappa shape index (κ3) is 9.17. The predicted octanol–water partition coefficient (Wildman–Crippen LogP) is -1.67. The molecule has 0 saturated heterocycles. The van der Waals surface area contributed by atoms with Crippen LogP contribution < -0.4 is 22.1 Å². The molecule has 3 atom stereocenters. The van der Waals surface area contributed by atoms with Gasteiger partial charge in [0, 0.05) is 19.0 Å². The Kier molecular flexibility index (Phi) is 10.3. The number of nitrogens with zero attached hydrogens (tertiary/aromatic N) is 1. The van der Waals surface area contributed by atoms with Crippen LogP contribution in [-0.4, -0.2) is 68.6 Å².